The Balaban J connectivity index is 2.10. The largest absolute Gasteiger partial charge is 0.486 e. The van der Waals surface area contributed by atoms with Gasteiger partial charge in [0.1, 0.15) is 11.9 Å². The molecule has 1 aromatic carbocycles. The van der Waals surface area contributed by atoms with E-state index in [0.717, 1.165) is 0 Å². The highest BCUT2D eigenvalue weighted by Gasteiger charge is 2.42. The van der Waals surface area contributed by atoms with Crippen molar-refractivity contribution >= 4 is 29.3 Å². The molecule has 0 saturated carbocycles. The Morgan fingerprint density at radius 1 is 1.48 bits per heavy atom. The number of halogens is 1. The Bertz CT molecular complexity index is 654. The SMILES string of the molecule is COCC(C)Oc1ccc(Cl)cc1NC(=O)N1CCC(C)(C(=O)O)C1. The first-order chi connectivity index (χ1) is 11.7. The van der Waals surface area contributed by atoms with Crippen LogP contribution in [-0.4, -0.2) is 54.9 Å². The van der Waals surface area contributed by atoms with E-state index in [1.807, 2.05) is 6.92 Å². The molecule has 1 aliphatic rings. The summed E-state index contributed by atoms with van der Waals surface area (Å²) >= 11 is 6.02. The molecule has 2 rings (SSSR count). The van der Waals surface area contributed by atoms with Crippen LogP contribution in [0.25, 0.3) is 0 Å². The van der Waals surface area contributed by atoms with Gasteiger partial charge in [-0.2, -0.15) is 0 Å². The van der Waals surface area contributed by atoms with E-state index >= 15 is 0 Å². The third-order valence-corrected chi connectivity index (χ3v) is 4.42. The fraction of sp³-hybridized carbons (Fsp3) is 0.529. The van der Waals surface area contributed by atoms with Gasteiger partial charge in [-0.05, 0) is 38.5 Å². The van der Waals surface area contributed by atoms with Crippen LogP contribution in [-0.2, 0) is 9.53 Å². The molecule has 0 spiro atoms. The molecule has 8 heteroatoms. The molecule has 25 heavy (non-hydrogen) atoms. The molecule has 1 fully saturated rings. The smallest absolute Gasteiger partial charge is 0.321 e. The Kier molecular flexibility index (Phi) is 6.13. The predicted octanol–water partition coefficient (Wildman–Crippen LogP) is 3.08. The summed E-state index contributed by atoms with van der Waals surface area (Å²) in [5.41, 5.74) is -0.484. The molecule has 1 saturated heterocycles. The number of nitrogens with one attached hydrogen (secondary N) is 1. The van der Waals surface area contributed by atoms with Crippen molar-refractivity contribution in [1.82, 2.24) is 4.90 Å². The number of carbonyl (C=O) groups is 2. The number of anilines is 1. The zero-order valence-corrected chi connectivity index (χ0v) is 15.3. The number of benzene rings is 1. The second kappa shape index (κ2) is 7.93. The lowest BCUT2D eigenvalue weighted by molar-refractivity contribution is -0.146. The van der Waals surface area contributed by atoms with Crippen LogP contribution in [0.1, 0.15) is 20.3 Å². The number of carbonyl (C=O) groups excluding carboxylic acids is 1. The third kappa shape index (κ3) is 4.76. The van der Waals surface area contributed by atoms with Gasteiger partial charge in [0.05, 0.1) is 17.7 Å². The normalized spacial score (nSPS) is 21.0. The summed E-state index contributed by atoms with van der Waals surface area (Å²) in [6.07, 6.45) is 0.211. The molecule has 0 radical (unpaired) electrons. The molecule has 1 aromatic rings. The van der Waals surface area contributed by atoms with E-state index in [1.54, 1.807) is 32.2 Å². The minimum absolute atomic E-state index is 0.158. The van der Waals surface area contributed by atoms with Crippen molar-refractivity contribution in [3.05, 3.63) is 23.2 Å². The second-order valence-electron chi connectivity index (χ2n) is 6.49. The van der Waals surface area contributed by atoms with E-state index < -0.39 is 11.4 Å². The molecule has 7 nitrogen and oxygen atoms in total. The van der Waals surface area contributed by atoms with E-state index in [4.69, 9.17) is 21.1 Å². The van der Waals surface area contributed by atoms with Crippen molar-refractivity contribution in [2.45, 2.75) is 26.4 Å². The average molecular weight is 371 g/mol. The molecule has 1 aliphatic heterocycles. The topological polar surface area (TPSA) is 88.1 Å². The number of likely N-dealkylation sites (tertiary alicyclic amines) is 1. The van der Waals surface area contributed by atoms with E-state index in [-0.39, 0.29) is 18.7 Å². The van der Waals surface area contributed by atoms with Crippen LogP contribution >= 0.6 is 11.6 Å². The maximum Gasteiger partial charge on any atom is 0.321 e. The molecule has 2 N–H and O–H groups in total. The molecule has 2 atom stereocenters. The Morgan fingerprint density at radius 3 is 2.80 bits per heavy atom. The summed E-state index contributed by atoms with van der Waals surface area (Å²) in [6.45, 7) is 4.43. The van der Waals surface area contributed by atoms with Gasteiger partial charge in [-0.3, -0.25) is 4.79 Å². The van der Waals surface area contributed by atoms with E-state index in [0.29, 0.717) is 36.0 Å². The maximum atomic E-state index is 12.5. The van der Waals surface area contributed by atoms with Crippen LogP contribution in [0.15, 0.2) is 18.2 Å². The van der Waals surface area contributed by atoms with Gasteiger partial charge in [-0.15, -0.1) is 0 Å². The lowest BCUT2D eigenvalue weighted by Gasteiger charge is -2.22. The van der Waals surface area contributed by atoms with Crippen molar-refractivity contribution in [1.29, 1.82) is 0 Å². The van der Waals surface area contributed by atoms with Gasteiger partial charge in [0.2, 0.25) is 0 Å². The van der Waals surface area contributed by atoms with Crippen molar-refractivity contribution in [2.24, 2.45) is 5.41 Å². The molecular weight excluding hydrogens is 348 g/mol. The monoisotopic (exact) mass is 370 g/mol. The van der Waals surface area contributed by atoms with Gasteiger partial charge < -0.3 is 24.8 Å². The number of hydrogen-bond donors (Lipinski definition) is 2. The van der Waals surface area contributed by atoms with E-state index in [2.05, 4.69) is 5.32 Å². The summed E-state index contributed by atoms with van der Waals surface area (Å²) in [4.78, 5) is 25.3. The molecule has 138 valence electrons. The number of ether oxygens (including phenoxy) is 2. The summed E-state index contributed by atoms with van der Waals surface area (Å²) in [5.74, 6) is -0.425. The van der Waals surface area contributed by atoms with Crippen LogP contribution < -0.4 is 10.1 Å². The number of aliphatic carboxylic acids is 1. The first-order valence-corrected chi connectivity index (χ1v) is 8.37. The van der Waals surface area contributed by atoms with Crippen LogP contribution in [0.3, 0.4) is 0 Å². The Labute approximate surface area is 151 Å². The average Bonchev–Trinajstić information content (AvgIpc) is 2.94. The molecular formula is C17H23ClN2O5. The summed E-state index contributed by atoms with van der Waals surface area (Å²) in [5, 5.41) is 12.5. The number of urea groups is 1. The minimum atomic E-state index is -0.919. The van der Waals surface area contributed by atoms with Crippen LogP contribution in [0, 0.1) is 5.41 Å². The standard InChI is InChI=1S/C17H23ClN2O5/c1-11(9-24-3)25-14-5-4-12(18)8-13(14)19-16(23)20-7-6-17(2,10-20)15(21)22/h4-5,8,11H,6-7,9-10H2,1-3H3,(H,19,23)(H,21,22). The molecule has 2 amide bonds. The lowest BCUT2D eigenvalue weighted by Crippen LogP contribution is -2.37. The zero-order chi connectivity index (χ0) is 18.6. The number of carboxylic acid groups (broad SMARTS) is 1. The predicted molar refractivity (Wildman–Crippen MR) is 94.4 cm³/mol. The number of rotatable bonds is 6. The van der Waals surface area contributed by atoms with Crippen LogP contribution in [0.4, 0.5) is 10.5 Å². The molecule has 0 aromatic heterocycles. The van der Waals surface area contributed by atoms with Gasteiger partial charge in [0.25, 0.3) is 0 Å². The highest BCUT2D eigenvalue weighted by molar-refractivity contribution is 6.31. The van der Waals surface area contributed by atoms with Crippen molar-refractivity contribution in [2.75, 3.05) is 32.1 Å². The molecule has 0 aliphatic carbocycles. The quantitative estimate of drug-likeness (QED) is 0.803. The van der Waals surface area contributed by atoms with Crippen molar-refractivity contribution < 1.29 is 24.2 Å². The summed E-state index contributed by atoms with van der Waals surface area (Å²) in [6, 6.07) is 4.57. The van der Waals surface area contributed by atoms with Gasteiger partial charge in [-0.25, -0.2) is 4.79 Å². The Morgan fingerprint density at radius 2 is 2.20 bits per heavy atom. The first-order valence-electron chi connectivity index (χ1n) is 7.99. The molecule has 1 heterocycles. The maximum absolute atomic E-state index is 12.5. The van der Waals surface area contributed by atoms with Crippen molar-refractivity contribution in [3.8, 4) is 5.75 Å². The van der Waals surface area contributed by atoms with Gasteiger partial charge >= 0.3 is 12.0 Å². The van der Waals surface area contributed by atoms with Gasteiger partial charge in [0, 0.05) is 25.2 Å². The first kappa shape index (κ1) is 19.3. The van der Waals surface area contributed by atoms with Gasteiger partial charge in [-0.1, -0.05) is 11.6 Å². The van der Waals surface area contributed by atoms with Gasteiger partial charge in [0.15, 0.2) is 0 Å². The summed E-state index contributed by atoms with van der Waals surface area (Å²) in [7, 11) is 1.58. The number of hydrogen-bond acceptors (Lipinski definition) is 4. The van der Waals surface area contributed by atoms with E-state index in [9.17, 15) is 14.7 Å². The van der Waals surface area contributed by atoms with Crippen LogP contribution in [0.5, 0.6) is 5.75 Å². The number of amides is 2. The Hall–Kier alpha value is -1.99. The number of methoxy groups -OCH3 is 1. The highest BCUT2D eigenvalue weighted by Crippen LogP contribution is 2.32. The summed E-state index contributed by atoms with van der Waals surface area (Å²) < 4.78 is 10.8. The third-order valence-electron chi connectivity index (χ3n) is 4.19. The second-order valence-corrected chi connectivity index (χ2v) is 6.93. The number of carboxylic acids is 1. The van der Waals surface area contributed by atoms with Crippen LogP contribution in [0.2, 0.25) is 5.02 Å². The molecule has 2 unspecified atom stereocenters. The lowest BCUT2D eigenvalue weighted by atomic mass is 9.90. The zero-order valence-electron chi connectivity index (χ0n) is 14.5. The highest BCUT2D eigenvalue weighted by atomic mass is 35.5. The fourth-order valence-corrected chi connectivity index (χ4v) is 2.86. The minimum Gasteiger partial charge on any atom is -0.486 e. The van der Waals surface area contributed by atoms with E-state index in [1.165, 1.54) is 4.90 Å². The molecule has 0 bridgehead atoms. The number of nitrogens with zero attached hydrogens (tertiary/aromatic N) is 1. The fourth-order valence-electron chi connectivity index (χ4n) is 2.69. The van der Waals surface area contributed by atoms with Crippen molar-refractivity contribution in [3.63, 3.8) is 0 Å².